The molecule has 0 saturated heterocycles. The van der Waals surface area contributed by atoms with Gasteiger partial charge >= 0.3 is 0 Å². The number of anilines is 2. The highest BCUT2D eigenvalue weighted by atomic mass is 35.5. The summed E-state index contributed by atoms with van der Waals surface area (Å²) in [4.78, 5) is 50.9. The molecule has 4 aromatic carbocycles. The standard InChI is InChI=1S/C38H38Cl2N6O6/c1-19-9-11-29(21(3)13-19)41-37(49)35(23(5)47)45-43-31-17-33(51-7)25(15-27(31)39)26-16-28(40)32(18-34(26)52-8)44-46-36(24(6)48)38(50)42-30-12-10-20(2)14-22(30)4/h9-18,35-36H,1-8H3,(H,41,49)(H,42,50). The van der Waals surface area contributed by atoms with Crippen molar-refractivity contribution in [1.29, 1.82) is 0 Å². The minimum absolute atomic E-state index is 0.123. The van der Waals surface area contributed by atoms with Crippen LogP contribution in [0.5, 0.6) is 11.5 Å². The first-order valence-electron chi connectivity index (χ1n) is 16.0. The Balaban J connectivity index is 1.61. The van der Waals surface area contributed by atoms with Gasteiger partial charge in [-0.2, -0.15) is 20.5 Å². The van der Waals surface area contributed by atoms with Crippen LogP contribution in [0.1, 0.15) is 36.1 Å². The number of aryl methyl sites for hydroxylation is 4. The van der Waals surface area contributed by atoms with Crippen LogP contribution in [0.2, 0.25) is 10.0 Å². The molecule has 0 aliphatic carbocycles. The molecule has 0 bridgehead atoms. The number of amides is 2. The van der Waals surface area contributed by atoms with Crippen molar-refractivity contribution in [2.45, 2.75) is 53.6 Å². The summed E-state index contributed by atoms with van der Waals surface area (Å²) < 4.78 is 11.3. The first kappa shape index (κ1) is 39.3. The van der Waals surface area contributed by atoms with Crippen LogP contribution < -0.4 is 20.1 Å². The Morgan fingerprint density at radius 1 is 0.596 bits per heavy atom. The van der Waals surface area contributed by atoms with Gasteiger partial charge in [0.15, 0.2) is 11.6 Å². The third-order valence-corrected chi connectivity index (χ3v) is 8.54. The highest BCUT2D eigenvalue weighted by molar-refractivity contribution is 6.34. The number of hydrogen-bond donors (Lipinski definition) is 2. The number of carbonyl (C=O) groups excluding carboxylic acids is 4. The van der Waals surface area contributed by atoms with Crippen molar-refractivity contribution in [3.63, 3.8) is 0 Å². The van der Waals surface area contributed by atoms with Crippen molar-refractivity contribution in [3.05, 3.63) is 93.0 Å². The van der Waals surface area contributed by atoms with Gasteiger partial charge in [0, 0.05) is 34.6 Å². The number of azo groups is 2. The molecule has 0 aliphatic rings. The predicted octanol–water partition coefficient (Wildman–Crippen LogP) is 9.27. The van der Waals surface area contributed by atoms with Crippen molar-refractivity contribution in [3.8, 4) is 22.6 Å². The second-order valence-electron chi connectivity index (χ2n) is 12.1. The van der Waals surface area contributed by atoms with Crippen LogP contribution in [-0.2, 0) is 19.2 Å². The molecule has 0 aliphatic heterocycles. The lowest BCUT2D eigenvalue weighted by atomic mass is 10.0. The maximum Gasteiger partial charge on any atom is 0.258 e. The number of benzene rings is 4. The van der Waals surface area contributed by atoms with E-state index in [1.807, 2.05) is 52.0 Å². The SMILES string of the molecule is COc1cc(N=NC(C(C)=O)C(=O)Nc2ccc(C)cc2C)c(Cl)cc1-c1cc(Cl)c(N=NC(C(C)=O)C(=O)Nc2ccc(C)cc2C)cc1OC. The van der Waals surface area contributed by atoms with E-state index in [2.05, 4.69) is 31.1 Å². The third kappa shape index (κ3) is 9.45. The second kappa shape index (κ2) is 17.2. The normalized spacial score (nSPS) is 12.4. The molecule has 0 radical (unpaired) electrons. The van der Waals surface area contributed by atoms with Crippen LogP contribution in [0.4, 0.5) is 22.7 Å². The number of nitrogens with one attached hydrogen (secondary N) is 2. The van der Waals surface area contributed by atoms with E-state index >= 15 is 0 Å². The van der Waals surface area contributed by atoms with E-state index in [-0.39, 0.29) is 21.4 Å². The number of hydrogen-bond acceptors (Lipinski definition) is 10. The molecule has 4 rings (SSSR count). The number of halogens is 2. The maximum atomic E-state index is 13.0. The quantitative estimate of drug-likeness (QED) is 0.102. The molecule has 2 atom stereocenters. The van der Waals surface area contributed by atoms with Crippen LogP contribution >= 0.6 is 23.2 Å². The number of ether oxygens (including phenoxy) is 2. The van der Waals surface area contributed by atoms with Gasteiger partial charge in [0.25, 0.3) is 11.8 Å². The molecule has 0 fully saturated rings. The lowest BCUT2D eigenvalue weighted by Crippen LogP contribution is -2.32. The summed E-state index contributed by atoms with van der Waals surface area (Å²) >= 11 is 13.3. The third-order valence-electron chi connectivity index (χ3n) is 7.94. The molecule has 270 valence electrons. The lowest BCUT2D eigenvalue weighted by Gasteiger charge is -2.16. The molecule has 12 nitrogen and oxygen atoms in total. The monoisotopic (exact) mass is 744 g/mol. The zero-order chi connectivity index (χ0) is 38.3. The zero-order valence-corrected chi connectivity index (χ0v) is 31.4. The Kier molecular flexibility index (Phi) is 13.0. The van der Waals surface area contributed by atoms with Gasteiger partial charge in [-0.05, 0) is 76.9 Å². The molecular weight excluding hydrogens is 707 g/mol. The van der Waals surface area contributed by atoms with E-state index in [1.165, 1.54) is 40.2 Å². The van der Waals surface area contributed by atoms with Gasteiger partial charge in [-0.3, -0.25) is 19.2 Å². The minimum Gasteiger partial charge on any atom is -0.496 e. The maximum absolute atomic E-state index is 13.0. The largest absolute Gasteiger partial charge is 0.496 e. The number of nitrogens with zero attached hydrogens (tertiary/aromatic N) is 4. The predicted molar refractivity (Wildman–Crippen MR) is 202 cm³/mol. The van der Waals surface area contributed by atoms with E-state index in [9.17, 15) is 19.2 Å². The first-order valence-corrected chi connectivity index (χ1v) is 16.7. The fourth-order valence-electron chi connectivity index (χ4n) is 5.18. The van der Waals surface area contributed by atoms with Crippen LogP contribution in [0.25, 0.3) is 11.1 Å². The first-order chi connectivity index (χ1) is 24.6. The average Bonchev–Trinajstić information content (AvgIpc) is 3.08. The summed E-state index contributed by atoms with van der Waals surface area (Å²) in [5.41, 5.74) is 6.02. The van der Waals surface area contributed by atoms with Gasteiger partial charge in [-0.25, -0.2) is 0 Å². The molecule has 52 heavy (non-hydrogen) atoms. The van der Waals surface area contributed by atoms with E-state index < -0.39 is 35.5 Å². The fourth-order valence-corrected chi connectivity index (χ4v) is 5.59. The van der Waals surface area contributed by atoms with Crippen molar-refractivity contribution in [2.75, 3.05) is 24.9 Å². The average molecular weight is 746 g/mol. The molecule has 0 heterocycles. The van der Waals surface area contributed by atoms with Gasteiger partial charge in [-0.1, -0.05) is 58.6 Å². The topological polar surface area (TPSA) is 160 Å². The highest BCUT2D eigenvalue weighted by Gasteiger charge is 2.26. The summed E-state index contributed by atoms with van der Waals surface area (Å²) in [7, 11) is 2.87. The molecule has 2 unspecified atom stereocenters. The minimum atomic E-state index is -1.43. The lowest BCUT2D eigenvalue weighted by molar-refractivity contribution is -0.127. The zero-order valence-electron chi connectivity index (χ0n) is 29.9. The van der Waals surface area contributed by atoms with Gasteiger partial charge in [0.1, 0.15) is 22.9 Å². The van der Waals surface area contributed by atoms with Crippen LogP contribution in [0, 0.1) is 27.7 Å². The van der Waals surface area contributed by atoms with Gasteiger partial charge < -0.3 is 20.1 Å². The Labute approximate surface area is 311 Å². The van der Waals surface area contributed by atoms with E-state index in [4.69, 9.17) is 32.7 Å². The summed E-state index contributed by atoms with van der Waals surface area (Å²) in [5.74, 6) is -1.73. The van der Waals surface area contributed by atoms with Crippen molar-refractivity contribution in [1.82, 2.24) is 0 Å². The van der Waals surface area contributed by atoms with Gasteiger partial charge in [0.05, 0.1) is 24.3 Å². The second-order valence-corrected chi connectivity index (χ2v) is 12.9. The van der Waals surface area contributed by atoms with Crippen molar-refractivity contribution in [2.24, 2.45) is 20.5 Å². The molecule has 2 N–H and O–H groups in total. The fraction of sp³-hybridized carbons (Fsp3) is 0.263. The van der Waals surface area contributed by atoms with Gasteiger partial charge in [-0.15, -0.1) is 0 Å². The molecule has 0 aromatic heterocycles. The van der Waals surface area contributed by atoms with Gasteiger partial charge in [0.2, 0.25) is 12.1 Å². The van der Waals surface area contributed by atoms with E-state index in [0.29, 0.717) is 34.0 Å². The Morgan fingerprint density at radius 3 is 1.27 bits per heavy atom. The number of carbonyl (C=O) groups is 4. The molecule has 0 spiro atoms. The van der Waals surface area contributed by atoms with Crippen molar-refractivity contribution < 1.29 is 28.7 Å². The molecular formula is C38H38Cl2N6O6. The number of methoxy groups -OCH3 is 2. The number of rotatable bonds is 13. The smallest absolute Gasteiger partial charge is 0.258 e. The van der Waals surface area contributed by atoms with Crippen molar-refractivity contribution >= 4 is 69.3 Å². The van der Waals surface area contributed by atoms with E-state index in [0.717, 1.165) is 22.3 Å². The Hall–Kier alpha value is -5.46. The summed E-state index contributed by atoms with van der Waals surface area (Å²) in [6, 6.07) is 14.2. The summed E-state index contributed by atoms with van der Waals surface area (Å²) in [6.45, 7) is 10.1. The highest BCUT2D eigenvalue weighted by Crippen LogP contribution is 2.45. The Bertz CT molecular complexity index is 1970. The Morgan fingerprint density at radius 2 is 0.962 bits per heavy atom. The molecule has 14 heteroatoms. The van der Waals surface area contributed by atoms with Crippen LogP contribution in [0.3, 0.4) is 0 Å². The molecule has 2 amide bonds. The van der Waals surface area contributed by atoms with Crippen LogP contribution in [-0.4, -0.2) is 49.7 Å². The summed E-state index contributed by atoms with van der Waals surface area (Å²) in [5, 5.41) is 22.0. The van der Waals surface area contributed by atoms with Crippen LogP contribution in [0.15, 0.2) is 81.1 Å². The number of ketones is 2. The number of Topliss-reactive ketones (excluding diaryl/α,β-unsaturated/α-hetero) is 2. The molecule has 4 aromatic rings. The van der Waals surface area contributed by atoms with E-state index in [1.54, 1.807) is 24.3 Å². The summed E-state index contributed by atoms with van der Waals surface area (Å²) in [6.07, 6.45) is 0. The molecule has 0 saturated carbocycles.